The van der Waals surface area contributed by atoms with Gasteiger partial charge >= 0.3 is 0 Å². The molecule has 0 saturated carbocycles. The van der Waals surface area contributed by atoms with Gasteiger partial charge in [-0.05, 0) is 37.8 Å². The third kappa shape index (κ3) is 4.90. The molecule has 0 radical (unpaired) electrons. The van der Waals surface area contributed by atoms with Crippen LogP contribution >= 0.6 is 0 Å². The Labute approximate surface area is 181 Å². The second-order valence-corrected chi connectivity index (χ2v) is 8.18. The van der Waals surface area contributed by atoms with Crippen molar-refractivity contribution in [2.75, 3.05) is 16.8 Å². The largest absolute Gasteiger partial charge is 0.334 e. The topological polar surface area (TPSA) is 82.6 Å². The summed E-state index contributed by atoms with van der Waals surface area (Å²) in [4.78, 5) is 16.1. The van der Waals surface area contributed by atoms with E-state index in [1.165, 1.54) is 6.07 Å². The van der Waals surface area contributed by atoms with E-state index in [4.69, 9.17) is 4.98 Å². The van der Waals surface area contributed by atoms with E-state index < -0.39 is 0 Å². The molecule has 3 aromatic rings. The summed E-state index contributed by atoms with van der Waals surface area (Å²) in [5, 5.41) is 10.4. The summed E-state index contributed by atoms with van der Waals surface area (Å²) in [6, 6.07) is 8.75. The van der Waals surface area contributed by atoms with E-state index in [-0.39, 0.29) is 11.9 Å². The van der Waals surface area contributed by atoms with E-state index in [0.717, 1.165) is 31.5 Å². The summed E-state index contributed by atoms with van der Waals surface area (Å²) in [6.07, 6.45) is 6.42. The van der Waals surface area contributed by atoms with Gasteiger partial charge in [0.05, 0.1) is 11.7 Å². The number of H-pyrrole nitrogens is 1. The molecule has 1 unspecified atom stereocenters. The van der Waals surface area contributed by atoms with E-state index in [2.05, 4.69) is 44.2 Å². The van der Waals surface area contributed by atoms with Crippen LogP contribution in [0.3, 0.4) is 0 Å². The first kappa shape index (κ1) is 21.0. The minimum Gasteiger partial charge on any atom is -0.334 e. The van der Waals surface area contributed by atoms with Crippen LogP contribution in [0.2, 0.25) is 0 Å². The summed E-state index contributed by atoms with van der Waals surface area (Å²) in [5.41, 5.74) is 1.57. The molecule has 4 rings (SSSR count). The first-order valence-corrected chi connectivity index (χ1v) is 10.7. The Kier molecular flexibility index (Phi) is 6.25. The van der Waals surface area contributed by atoms with Gasteiger partial charge in [-0.2, -0.15) is 20.1 Å². The molecule has 2 aromatic heterocycles. The van der Waals surface area contributed by atoms with Gasteiger partial charge in [0.1, 0.15) is 11.6 Å². The quantitative estimate of drug-likeness (QED) is 0.555. The lowest BCUT2D eigenvalue weighted by Crippen LogP contribution is -2.26. The van der Waals surface area contributed by atoms with Crippen molar-refractivity contribution in [2.45, 2.75) is 46.1 Å². The highest BCUT2D eigenvalue weighted by Gasteiger charge is 2.30. The number of hydrogen-bond donors (Lipinski definition) is 2. The number of hydrogen-bond acceptors (Lipinski definition) is 6. The molecule has 8 heteroatoms. The highest BCUT2D eigenvalue weighted by Crippen LogP contribution is 2.36. The van der Waals surface area contributed by atoms with Crippen LogP contribution in [0.1, 0.15) is 56.7 Å². The molecule has 0 bridgehead atoms. The number of nitrogens with zero attached hydrogens (tertiary/aromatic N) is 5. The van der Waals surface area contributed by atoms with Gasteiger partial charge in [-0.1, -0.05) is 38.1 Å². The van der Waals surface area contributed by atoms with E-state index in [1.807, 2.05) is 37.3 Å². The Morgan fingerprint density at radius 2 is 2.10 bits per heavy atom. The highest BCUT2D eigenvalue weighted by atomic mass is 19.1. The van der Waals surface area contributed by atoms with Gasteiger partial charge in [-0.15, -0.1) is 0 Å². The maximum absolute atomic E-state index is 14.5. The van der Waals surface area contributed by atoms with Crippen LogP contribution in [0.25, 0.3) is 6.08 Å². The summed E-state index contributed by atoms with van der Waals surface area (Å²) in [7, 11) is 0. The predicted molar refractivity (Wildman–Crippen MR) is 121 cm³/mol. The average molecular weight is 422 g/mol. The fourth-order valence-electron chi connectivity index (χ4n) is 3.90. The van der Waals surface area contributed by atoms with Gasteiger partial charge in [0.2, 0.25) is 11.9 Å². The fourth-order valence-corrected chi connectivity index (χ4v) is 3.90. The number of allylic oxidation sites excluding steroid dienone is 1. The van der Waals surface area contributed by atoms with Crippen LogP contribution < -0.4 is 10.2 Å². The minimum absolute atomic E-state index is 0.0879. The molecule has 7 nitrogen and oxygen atoms in total. The highest BCUT2D eigenvalue weighted by molar-refractivity contribution is 5.55. The second kappa shape index (κ2) is 9.24. The number of aromatic amines is 1. The Bertz CT molecular complexity index is 1060. The molecule has 1 fully saturated rings. The zero-order valence-corrected chi connectivity index (χ0v) is 18.1. The molecule has 0 spiro atoms. The molecule has 31 heavy (non-hydrogen) atoms. The molecule has 162 valence electrons. The van der Waals surface area contributed by atoms with Crippen LogP contribution in [0.15, 0.2) is 36.4 Å². The van der Waals surface area contributed by atoms with E-state index >= 15 is 0 Å². The molecule has 1 aliphatic rings. The Hall–Kier alpha value is -3.29. The van der Waals surface area contributed by atoms with E-state index in [9.17, 15) is 4.39 Å². The predicted octanol–water partition coefficient (Wildman–Crippen LogP) is 5.05. The number of rotatable bonds is 7. The molecule has 0 aliphatic carbocycles. The molecule has 0 amide bonds. The van der Waals surface area contributed by atoms with Crippen molar-refractivity contribution < 1.29 is 4.39 Å². The van der Waals surface area contributed by atoms with Crippen LogP contribution in [0, 0.1) is 11.7 Å². The number of nitrogens with one attached hydrogen (secondary N) is 2. The van der Waals surface area contributed by atoms with Gasteiger partial charge < -0.3 is 10.2 Å². The lowest BCUT2D eigenvalue weighted by atomic mass is 10.0. The number of benzene rings is 1. The van der Waals surface area contributed by atoms with Crippen molar-refractivity contribution in [2.24, 2.45) is 5.92 Å². The third-order valence-electron chi connectivity index (χ3n) is 5.22. The van der Waals surface area contributed by atoms with E-state index in [1.54, 1.807) is 6.07 Å². The molecular weight excluding hydrogens is 393 g/mol. The molecule has 3 heterocycles. The van der Waals surface area contributed by atoms with Crippen LogP contribution in [0.4, 0.5) is 22.1 Å². The maximum atomic E-state index is 14.5. The molecule has 1 aromatic carbocycles. The van der Waals surface area contributed by atoms with Crippen molar-refractivity contribution in [3.05, 3.63) is 59.3 Å². The average Bonchev–Trinajstić information content (AvgIpc) is 3.38. The SMILES string of the molecule is C/C=C/c1cc(Nc2nc(CC(C)C)nc(N3CCCC3c3ccccc3F)n2)n[nH]1. The Morgan fingerprint density at radius 3 is 2.87 bits per heavy atom. The van der Waals surface area contributed by atoms with Crippen molar-refractivity contribution in [1.29, 1.82) is 0 Å². The van der Waals surface area contributed by atoms with E-state index in [0.29, 0.717) is 35.0 Å². The van der Waals surface area contributed by atoms with Gasteiger partial charge in [0, 0.05) is 24.6 Å². The summed E-state index contributed by atoms with van der Waals surface area (Å²) in [5.74, 6) is 2.57. The number of aromatic nitrogens is 5. The standard InChI is InChI=1S/C23H28FN7/c1-4-8-16-14-21(30-29-16)26-22-25-20(13-15(2)3)27-23(28-22)31-12-7-11-19(31)17-9-5-6-10-18(17)24/h4-6,8-10,14-15,19H,7,11-13H2,1-3H3,(H2,25,26,27,28,29,30)/b8-4+. The molecule has 1 saturated heterocycles. The molecule has 1 aliphatic heterocycles. The zero-order chi connectivity index (χ0) is 21.8. The monoisotopic (exact) mass is 421 g/mol. The lowest BCUT2D eigenvalue weighted by molar-refractivity contribution is 0.575. The first-order valence-electron chi connectivity index (χ1n) is 10.7. The zero-order valence-electron chi connectivity index (χ0n) is 18.1. The summed E-state index contributed by atoms with van der Waals surface area (Å²) < 4.78 is 14.5. The first-order chi connectivity index (χ1) is 15.0. The smallest absolute Gasteiger partial charge is 0.233 e. The molecule has 2 N–H and O–H groups in total. The minimum atomic E-state index is -0.192. The van der Waals surface area contributed by atoms with Crippen LogP contribution in [-0.4, -0.2) is 31.7 Å². The number of halogens is 1. The van der Waals surface area contributed by atoms with Gasteiger partial charge in [-0.3, -0.25) is 5.10 Å². The molecule has 1 atom stereocenters. The summed E-state index contributed by atoms with van der Waals surface area (Å²) >= 11 is 0. The normalized spacial score (nSPS) is 16.5. The summed E-state index contributed by atoms with van der Waals surface area (Å²) in [6.45, 7) is 6.99. The van der Waals surface area contributed by atoms with Crippen LogP contribution in [-0.2, 0) is 6.42 Å². The fraction of sp³-hybridized carbons (Fsp3) is 0.391. The van der Waals surface area contributed by atoms with Gasteiger partial charge in [-0.25, -0.2) is 4.39 Å². The molecular formula is C23H28FN7. The van der Waals surface area contributed by atoms with Crippen molar-refractivity contribution in [3.8, 4) is 0 Å². The van der Waals surface area contributed by atoms with Crippen LogP contribution in [0.5, 0.6) is 0 Å². The van der Waals surface area contributed by atoms with Crippen molar-refractivity contribution >= 4 is 23.8 Å². The number of anilines is 3. The van der Waals surface area contributed by atoms with Crippen molar-refractivity contribution in [1.82, 2.24) is 25.1 Å². The Balaban J connectivity index is 1.67. The Morgan fingerprint density at radius 1 is 1.26 bits per heavy atom. The lowest BCUT2D eigenvalue weighted by Gasteiger charge is -2.26. The second-order valence-electron chi connectivity index (χ2n) is 8.18. The van der Waals surface area contributed by atoms with Gasteiger partial charge in [0.25, 0.3) is 0 Å². The third-order valence-corrected chi connectivity index (χ3v) is 5.22. The van der Waals surface area contributed by atoms with Gasteiger partial charge in [0.15, 0.2) is 5.82 Å². The maximum Gasteiger partial charge on any atom is 0.233 e. The van der Waals surface area contributed by atoms with Crippen molar-refractivity contribution in [3.63, 3.8) is 0 Å².